The van der Waals surface area contributed by atoms with Crippen molar-refractivity contribution in [2.45, 2.75) is 18.2 Å². The summed E-state index contributed by atoms with van der Waals surface area (Å²) in [6.07, 6.45) is -4.84. The Morgan fingerprint density at radius 1 is 1.12 bits per heavy atom. The lowest BCUT2D eigenvalue weighted by Crippen LogP contribution is -2.40. The number of ether oxygens (including phenoxy) is 3. The molecule has 32 heavy (non-hydrogen) atoms. The van der Waals surface area contributed by atoms with E-state index in [0.29, 0.717) is 0 Å². The number of anilines is 1. The summed E-state index contributed by atoms with van der Waals surface area (Å²) in [5.41, 5.74) is 0.243. The van der Waals surface area contributed by atoms with E-state index in [1.165, 1.54) is 22.5 Å². The SMILES string of the molecule is CCOc1ccc(NC(=O)c2ccc(OC(F)(F)F)cc2)cc1S(=O)(=O)N1CCOCC1. The molecule has 0 unspecified atom stereocenters. The summed E-state index contributed by atoms with van der Waals surface area (Å²) < 4.78 is 78.8. The minimum absolute atomic E-state index is 0.0611. The van der Waals surface area contributed by atoms with Crippen molar-refractivity contribution >= 4 is 21.6 Å². The van der Waals surface area contributed by atoms with E-state index in [2.05, 4.69) is 10.1 Å². The molecule has 0 atom stereocenters. The number of carbonyl (C=O) groups excluding carboxylic acids is 1. The van der Waals surface area contributed by atoms with Crippen molar-refractivity contribution in [3.05, 3.63) is 48.0 Å². The summed E-state index contributed by atoms with van der Waals surface area (Å²) >= 11 is 0. The highest BCUT2D eigenvalue weighted by molar-refractivity contribution is 7.89. The number of halogens is 3. The van der Waals surface area contributed by atoms with Crippen LogP contribution in [0.25, 0.3) is 0 Å². The van der Waals surface area contributed by atoms with Crippen LogP contribution in [-0.2, 0) is 14.8 Å². The van der Waals surface area contributed by atoms with Crippen LogP contribution in [0.3, 0.4) is 0 Å². The number of rotatable bonds is 7. The number of hydrogen-bond acceptors (Lipinski definition) is 6. The van der Waals surface area contributed by atoms with Crippen LogP contribution in [-0.4, -0.2) is 57.9 Å². The van der Waals surface area contributed by atoms with Crippen molar-refractivity contribution in [3.63, 3.8) is 0 Å². The van der Waals surface area contributed by atoms with Gasteiger partial charge in [0.15, 0.2) is 0 Å². The van der Waals surface area contributed by atoms with Gasteiger partial charge >= 0.3 is 6.36 Å². The molecule has 1 amide bonds. The summed E-state index contributed by atoms with van der Waals surface area (Å²) in [7, 11) is -3.91. The van der Waals surface area contributed by atoms with Crippen LogP contribution in [0.2, 0.25) is 0 Å². The van der Waals surface area contributed by atoms with Crippen LogP contribution in [0.1, 0.15) is 17.3 Å². The lowest BCUT2D eigenvalue weighted by molar-refractivity contribution is -0.274. The number of morpholine rings is 1. The monoisotopic (exact) mass is 474 g/mol. The number of carbonyl (C=O) groups is 1. The molecule has 1 heterocycles. The minimum Gasteiger partial charge on any atom is -0.492 e. The fraction of sp³-hybridized carbons (Fsp3) is 0.350. The number of hydrogen-bond donors (Lipinski definition) is 1. The van der Waals surface area contributed by atoms with Crippen LogP contribution < -0.4 is 14.8 Å². The Labute approximate surface area is 182 Å². The topological polar surface area (TPSA) is 94.2 Å². The van der Waals surface area contributed by atoms with E-state index in [1.807, 2.05) is 0 Å². The quantitative estimate of drug-likeness (QED) is 0.662. The molecule has 174 valence electrons. The molecule has 0 radical (unpaired) electrons. The van der Waals surface area contributed by atoms with E-state index < -0.39 is 28.0 Å². The van der Waals surface area contributed by atoms with Crippen LogP contribution in [0, 0.1) is 0 Å². The Hall–Kier alpha value is -2.83. The largest absolute Gasteiger partial charge is 0.573 e. The molecule has 1 saturated heterocycles. The molecule has 8 nitrogen and oxygen atoms in total. The van der Waals surface area contributed by atoms with Gasteiger partial charge in [-0.05, 0) is 49.4 Å². The van der Waals surface area contributed by atoms with Gasteiger partial charge in [0, 0.05) is 24.3 Å². The second-order valence-electron chi connectivity index (χ2n) is 6.64. The number of benzene rings is 2. The Morgan fingerprint density at radius 3 is 2.38 bits per heavy atom. The van der Waals surface area contributed by atoms with Gasteiger partial charge < -0.3 is 19.5 Å². The number of sulfonamides is 1. The van der Waals surface area contributed by atoms with E-state index in [0.717, 1.165) is 24.3 Å². The van der Waals surface area contributed by atoms with Crippen LogP contribution in [0.15, 0.2) is 47.4 Å². The highest BCUT2D eigenvalue weighted by Crippen LogP contribution is 2.31. The molecule has 12 heteroatoms. The Bertz CT molecular complexity index is 1050. The highest BCUT2D eigenvalue weighted by Gasteiger charge is 2.31. The third-order valence-electron chi connectivity index (χ3n) is 4.44. The van der Waals surface area contributed by atoms with Gasteiger partial charge in [-0.25, -0.2) is 8.42 Å². The van der Waals surface area contributed by atoms with Gasteiger partial charge in [0.1, 0.15) is 16.4 Å². The first-order valence-corrected chi connectivity index (χ1v) is 11.1. The van der Waals surface area contributed by atoms with Gasteiger partial charge in [-0.2, -0.15) is 4.31 Å². The summed E-state index contributed by atoms with van der Waals surface area (Å²) in [4.78, 5) is 12.4. The van der Waals surface area contributed by atoms with Crippen molar-refractivity contribution in [2.75, 3.05) is 38.2 Å². The summed E-state index contributed by atoms with van der Waals surface area (Å²) in [5, 5.41) is 2.55. The van der Waals surface area contributed by atoms with Gasteiger partial charge in [0.2, 0.25) is 10.0 Å². The number of nitrogens with one attached hydrogen (secondary N) is 1. The first kappa shape index (κ1) is 23.8. The second kappa shape index (κ2) is 9.76. The first-order chi connectivity index (χ1) is 15.1. The fourth-order valence-electron chi connectivity index (χ4n) is 3.00. The number of alkyl halides is 3. The molecular weight excluding hydrogens is 453 g/mol. The van der Waals surface area contributed by atoms with E-state index in [1.54, 1.807) is 6.92 Å². The number of nitrogens with zero attached hydrogens (tertiary/aromatic N) is 1. The third kappa shape index (κ3) is 5.90. The molecule has 0 bridgehead atoms. The van der Waals surface area contributed by atoms with Crippen molar-refractivity contribution in [1.29, 1.82) is 0 Å². The lowest BCUT2D eigenvalue weighted by atomic mass is 10.2. The van der Waals surface area contributed by atoms with Crippen LogP contribution in [0.4, 0.5) is 18.9 Å². The normalized spacial score (nSPS) is 15.2. The summed E-state index contributed by atoms with van der Waals surface area (Å²) in [6, 6.07) is 8.54. The lowest BCUT2D eigenvalue weighted by Gasteiger charge is -2.27. The molecule has 1 aliphatic heterocycles. The molecule has 1 aliphatic rings. The summed E-state index contributed by atoms with van der Waals surface area (Å²) in [6.45, 7) is 2.88. The molecule has 3 rings (SSSR count). The van der Waals surface area contributed by atoms with Crippen molar-refractivity contribution in [1.82, 2.24) is 4.31 Å². The molecule has 1 fully saturated rings. The molecular formula is C20H21F3N2O6S. The third-order valence-corrected chi connectivity index (χ3v) is 6.36. The van der Waals surface area contributed by atoms with Gasteiger partial charge in [0.25, 0.3) is 5.91 Å². The van der Waals surface area contributed by atoms with E-state index in [4.69, 9.17) is 9.47 Å². The van der Waals surface area contributed by atoms with E-state index in [9.17, 15) is 26.4 Å². The van der Waals surface area contributed by atoms with E-state index in [-0.39, 0.29) is 54.8 Å². The van der Waals surface area contributed by atoms with Gasteiger partial charge in [-0.1, -0.05) is 0 Å². The maximum atomic E-state index is 13.1. The molecule has 0 aromatic heterocycles. The highest BCUT2D eigenvalue weighted by atomic mass is 32.2. The van der Waals surface area contributed by atoms with Crippen molar-refractivity contribution in [3.8, 4) is 11.5 Å². The molecule has 1 N–H and O–H groups in total. The smallest absolute Gasteiger partial charge is 0.492 e. The van der Waals surface area contributed by atoms with Gasteiger partial charge in [0.05, 0.1) is 19.8 Å². The zero-order valence-electron chi connectivity index (χ0n) is 17.0. The molecule has 0 spiro atoms. The minimum atomic E-state index is -4.84. The average Bonchev–Trinajstić information content (AvgIpc) is 2.75. The van der Waals surface area contributed by atoms with Crippen LogP contribution >= 0.6 is 0 Å². The Morgan fingerprint density at radius 2 is 1.78 bits per heavy atom. The molecule has 0 saturated carbocycles. The average molecular weight is 474 g/mol. The predicted molar refractivity (Wildman–Crippen MR) is 108 cm³/mol. The number of amides is 1. The second-order valence-corrected chi connectivity index (χ2v) is 8.54. The van der Waals surface area contributed by atoms with E-state index >= 15 is 0 Å². The first-order valence-electron chi connectivity index (χ1n) is 9.62. The molecule has 2 aromatic carbocycles. The zero-order chi connectivity index (χ0) is 23.4. The molecule has 0 aliphatic carbocycles. The maximum Gasteiger partial charge on any atom is 0.573 e. The standard InChI is InChI=1S/C20H21F3N2O6S/c1-2-30-17-8-5-15(13-18(17)32(27,28)25-9-11-29-12-10-25)24-19(26)14-3-6-16(7-4-14)31-20(21,22)23/h3-8,13H,2,9-12H2,1H3,(H,24,26). The molecule has 2 aromatic rings. The van der Waals surface area contributed by atoms with Crippen molar-refractivity contribution < 1.29 is 40.6 Å². The fourth-order valence-corrected chi connectivity index (χ4v) is 4.56. The zero-order valence-corrected chi connectivity index (χ0v) is 17.8. The van der Waals surface area contributed by atoms with Crippen LogP contribution in [0.5, 0.6) is 11.5 Å². The van der Waals surface area contributed by atoms with Gasteiger partial charge in [-0.15, -0.1) is 13.2 Å². The predicted octanol–water partition coefficient (Wildman–Crippen LogP) is 3.26. The Balaban J connectivity index is 1.82. The summed E-state index contributed by atoms with van der Waals surface area (Å²) in [5.74, 6) is -0.956. The van der Waals surface area contributed by atoms with Crippen molar-refractivity contribution in [2.24, 2.45) is 0 Å². The van der Waals surface area contributed by atoms with Gasteiger partial charge in [-0.3, -0.25) is 4.79 Å². The maximum absolute atomic E-state index is 13.1. The Kier molecular flexibility index (Phi) is 7.26.